The molecule has 0 aliphatic carbocycles. The minimum Gasteiger partial charge on any atom is -0.377 e. The predicted molar refractivity (Wildman–Crippen MR) is 101 cm³/mol. The van der Waals surface area contributed by atoms with Crippen molar-refractivity contribution in [1.82, 2.24) is 14.9 Å². The molecule has 1 fully saturated rings. The topological polar surface area (TPSA) is 38.2 Å². The number of piperidine rings is 1. The van der Waals surface area contributed by atoms with Crippen LogP contribution in [-0.2, 0) is 30.5 Å². The molecule has 1 atom stereocenters. The standard InChI is InChI=1S/C21H26F3N3O/c1-28-15-20-25-11-17(12-26-20)14-27-10-4-5-16(13-27)8-9-18-6-2-3-7-19(18)21(22,23)24/h2-3,6-7,11-12,16H,4-5,8-10,13-15H2,1H3/t16-/m1/s1. The van der Waals surface area contributed by atoms with Crippen molar-refractivity contribution in [3.63, 3.8) is 0 Å². The molecule has 2 heterocycles. The Bertz CT molecular complexity index is 749. The number of hydrogen-bond donors (Lipinski definition) is 0. The quantitative estimate of drug-likeness (QED) is 0.695. The molecule has 0 bridgehead atoms. The molecule has 152 valence electrons. The maximum Gasteiger partial charge on any atom is 0.416 e. The lowest BCUT2D eigenvalue weighted by atomic mass is 9.90. The van der Waals surface area contributed by atoms with E-state index in [-0.39, 0.29) is 0 Å². The number of aromatic nitrogens is 2. The lowest BCUT2D eigenvalue weighted by molar-refractivity contribution is -0.138. The third-order valence-corrected chi connectivity index (χ3v) is 5.19. The zero-order chi connectivity index (χ0) is 20.0. The Kier molecular flexibility index (Phi) is 7.02. The molecule has 0 saturated carbocycles. The van der Waals surface area contributed by atoms with E-state index in [0.717, 1.165) is 44.5 Å². The number of nitrogens with zero attached hydrogens (tertiary/aromatic N) is 3. The van der Waals surface area contributed by atoms with Gasteiger partial charge in [-0.15, -0.1) is 0 Å². The zero-order valence-corrected chi connectivity index (χ0v) is 16.1. The number of benzene rings is 1. The molecule has 0 unspecified atom stereocenters. The Morgan fingerprint density at radius 3 is 2.64 bits per heavy atom. The van der Waals surface area contributed by atoms with Gasteiger partial charge < -0.3 is 4.74 Å². The van der Waals surface area contributed by atoms with Gasteiger partial charge in [0.25, 0.3) is 0 Å². The van der Waals surface area contributed by atoms with E-state index < -0.39 is 11.7 Å². The normalized spacial score (nSPS) is 18.4. The second kappa shape index (κ2) is 9.47. The molecule has 7 heteroatoms. The molecule has 0 radical (unpaired) electrons. The van der Waals surface area contributed by atoms with Gasteiger partial charge in [-0.25, -0.2) is 9.97 Å². The van der Waals surface area contributed by atoms with Crippen LogP contribution in [0.25, 0.3) is 0 Å². The highest BCUT2D eigenvalue weighted by Gasteiger charge is 2.33. The van der Waals surface area contributed by atoms with Crippen molar-refractivity contribution in [3.05, 3.63) is 59.2 Å². The number of methoxy groups -OCH3 is 1. The number of alkyl halides is 3. The summed E-state index contributed by atoms with van der Waals surface area (Å²) in [5.41, 5.74) is 0.938. The van der Waals surface area contributed by atoms with E-state index in [2.05, 4.69) is 14.9 Å². The van der Waals surface area contributed by atoms with Gasteiger partial charge in [0.15, 0.2) is 5.82 Å². The molecule has 1 saturated heterocycles. The van der Waals surface area contributed by atoms with Gasteiger partial charge in [0.2, 0.25) is 0 Å². The zero-order valence-electron chi connectivity index (χ0n) is 16.1. The summed E-state index contributed by atoms with van der Waals surface area (Å²) < 4.78 is 44.5. The molecule has 2 aromatic rings. The van der Waals surface area contributed by atoms with E-state index in [1.54, 1.807) is 19.2 Å². The average molecular weight is 393 g/mol. The van der Waals surface area contributed by atoms with Crippen molar-refractivity contribution in [2.75, 3.05) is 20.2 Å². The first-order chi connectivity index (χ1) is 13.5. The fourth-order valence-corrected chi connectivity index (χ4v) is 3.83. The Labute approximate surface area is 163 Å². The van der Waals surface area contributed by atoms with Crippen molar-refractivity contribution in [1.29, 1.82) is 0 Å². The van der Waals surface area contributed by atoms with Crippen LogP contribution < -0.4 is 0 Å². The number of aryl methyl sites for hydroxylation is 1. The van der Waals surface area contributed by atoms with Crippen LogP contribution in [0.3, 0.4) is 0 Å². The molecule has 1 aromatic heterocycles. The van der Waals surface area contributed by atoms with Crippen LogP contribution in [0.2, 0.25) is 0 Å². The first-order valence-corrected chi connectivity index (χ1v) is 9.62. The molecule has 0 spiro atoms. The van der Waals surface area contributed by atoms with Gasteiger partial charge in [0.1, 0.15) is 6.61 Å². The third-order valence-electron chi connectivity index (χ3n) is 5.19. The molecule has 0 N–H and O–H groups in total. The lowest BCUT2D eigenvalue weighted by Crippen LogP contribution is -2.35. The first-order valence-electron chi connectivity index (χ1n) is 9.62. The highest BCUT2D eigenvalue weighted by Crippen LogP contribution is 2.33. The molecular formula is C21H26F3N3O. The SMILES string of the molecule is COCc1ncc(CN2CCC[C@H](CCc3ccccc3C(F)(F)F)C2)cn1. The number of likely N-dealkylation sites (tertiary alicyclic amines) is 1. The van der Waals surface area contributed by atoms with Gasteiger partial charge in [-0.05, 0) is 49.8 Å². The van der Waals surface area contributed by atoms with Gasteiger partial charge in [-0.2, -0.15) is 13.2 Å². The van der Waals surface area contributed by atoms with E-state index in [1.165, 1.54) is 12.1 Å². The maximum atomic E-state index is 13.2. The smallest absolute Gasteiger partial charge is 0.377 e. The van der Waals surface area contributed by atoms with Gasteiger partial charge in [-0.1, -0.05) is 18.2 Å². The van der Waals surface area contributed by atoms with Crippen LogP contribution in [0.5, 0.6) is 0 Å². The molecule has 1 aliphatic heterocycles. The highest BCUT2D eigenvalue weighted by molar-refractivity contribution is 5.29. The largest absolute Gasteiger partial charge is 0.416 e. The first kappa shape index (κ1) is 20.7. The minimum atomic E-state index is -4.29. The van der Waals surface area contributed by atoms with Crippen molar-refractivity contribution in [2.45, 2.75) is 45.0 Å². The summed E-state index contributed by atoms with van der Waals surface area (Å²) in [4.78, 5) is 10.9. The summed E-state index contributed by atoms with van der Waals surface area (Å²) in [6.07, 6.45) is 2.72. The van der Waals surface area contributed by atoms with Gasteiger partial charge in [-0.3, -0.25) is 4.90 Å². The lowest BCUT2D eigenvalue weighted by Gasteiger charge is -2.32. The summed E-state index contributed by atoms with van der Waals surface area (Å²) in [5.74, 6) is 1.06. The van der Waals surface area contributed by atoms with Crippen molar-refractivity contribution < 1.29 is 17.9 Å². The highest BCUT2D eigenvalue weighted by atomic mass is 19.4. The molecule has 4 nitrogen and oxygen atoms in total. The average Bonchev–Trinajstić information content (AvgIpc) is 2.68. The second-order valence-electron chi connectivity index (χ2n) is 7.38. The maximum absolute atomic E-state index is 13.2. The van der Waals surface area contributed by atoms with Crippen molar-refractivity contribution >= 4 is 0 Å². The summed E-state index contributed by atoms with van der Waals surface area (Å²) in [6.45, 7) is 3.05. The molecular weight excluding hydrogens is 367 g/mol. The van der Waals surface area contributed by atoms with Crippen LogP contribution in [0, 0.1) is 5.92 Å². The van der Waals surface area contributed by atoms with Crippen LogP contribution in [-0.4, -0.2) is 35.1 Å². The molecule has 1 aliphatic rings. The van der Waals surface area contributed by atoms with E-state index in [9.17, 15) is 13.2 Å². The predicted octanol–water partition coefficient (Wildman–Crippen LogP) is 4.49. The fraction of sp³-hybridized carbons (Fsp3) is 0.524. The molecule has 28 heavy (non-hydrogen) atoms. The number of ether oxygens (including phenoxy) is 1. The Hall–Kier alpha value is -1.99. The van der Waals surface area contributed by atoms with Crippen molar-refractivity contribution in [2.24, 2.45) is 5.92 Å². The van der Waals surface area contributed by atoms with Crippen LogP contribution in [0.15, 0.2) is 36.7 Å². The monoisotopic (exact) mass is 393 g/mol. The van der Waals surface area contributed by atoms with Crippen LogP contribution in [0.4, 0.5) is 13.2 Å². The van der Waals surface area contributed by atoms with E-state index >= 15 is 0 Å². The molecule has 3 rings (SSSR count). The fourth-order valence-electron chi connectivity index (χ4n) is 3.83. The van der Waals surface area contributed by atoms with E-state index in [1.807, 2.05) is 12.4 Å². The molecule has 1 aromatic carbocycles. The number of rotatable bonds is 7. The van der Waals surface area contributed by atoms with E-state index in [0.29, 0.717) is 30.3 Å². The number of halogens is 3. The van der Waals surface area contributed by atoms with Crippen LogP contribution >= 0.6 is 0 Å². The van der Waals surface area contributed by atoms with Crippen molar-refractivity contribution in [3.8, 4) is 0 Å². The molecule has 0 amide bonds. The van der Waals surface area contributed by atoms with Gasteiger partial charge >= 0.3 is 6.18 Å². The summed E-state index contributed by atoms with van der Waals surface area (Å²) in [7, 11) is 1.61. The van der Waals surface area contributed by atoms with Crippen LogP contribution in [0.1, 0.15) is 41.8 Å². The minimum absolute atomic E-state index is 0.394. The summed E-state index contributed by atoms with van der Waals surface area (Å²) >= 11 is 0. The summed E-state index contributed by atoms with van der Waals surface area (Å²) in [5, 5.41) is 0. The van der Waals surface area contributed by atoms with E-state index in [4.69, 9.17) is 4.74 Å². The second-order valence-corrected chi connectivity index (χ2v) is 7.38. The Morgan fingerprint density at radius 1 is 1.18 bits per heavy atom. The van der Waals surface area contributed by atoms with Gasteiger partial charge in [0.05, 0.1) is 5.56 Å². The summed E-state index contributed by atoms with van der Waals surface area (Å²) in [6, 6.07) is 5.91. The number of hydrogen-bond acceptors (Lipinski definition) is 4. The Morgan fingerprint density at radius 2 is 1.93 bits per heavy atom. The third kappa shape index (κ3) is 5.75. The van der Waals surface area contributed by atoms with Gasteiger partial charge in [0, 0.05) is 38.2 Å². The Balaban J connectivity index is 1.54.